The summed E-state index contributed by atoms with van der Waals surface area (Å²) in [6.45, 7) is 0. The van der Waals surface area contributed by atoms with Gasteiger partial charge < -0.3 is 5.73 Å². The standard InChI is InChI=1S/C11H10ClN.C7H3ClFN.C3H7N.CH4/c12-11-4-3-9(5-8-1-2-8)10(6-11)7-13;8-6-1-2-7(9)5(3-6)4-10;4-3-1-2-3;/h3-4,6,8H,1-2,5H2;1-3H;3H,1-2,4H2;1H4. The average molecular weight is 420 g/mol. The Morgan fingerprint density at radius 2 is 1.43 bits per heavy atom. The molecule has 0 bridgehead atoms. The second-order valence-corrected chi connectivity index (χ2v) is 7.51. The summed E-state index contributed by atoms with van der Waals surface area (Å²) in [4.78, 5) is 0. The summed E-state index contributed by atoms with van der Waals surface area (Å²) < 4.78 is 12.5. The van der Waals surface area contributed by atoms with Gasteiger partial charge in [-0.2, -0.15) is 10.5 Å². The van der Waals surface area contributed by atoms with E-state index in [0.29, 0.717) is 16.1 Å². The highest BCUT2D eigenvalue weighted by Crippen LogP contribution is 2.33. The second kappa shape index (κ2) is 11.7. The third-order valence-electron chi connectivity index (χ3n) is 4.07. The molecule has 0 aromatic heterocycles. The molecule has 2 aromatic carbocycles. The Labute approximate surface area is 176 Å². The Morgan fingerprint density at radius 3 is 1.86 bits per heavy atom. The van der Waals surface area contributed by atoms with Gasteiger partial charge in [-0.25, -0.2) is 4.39 Å². The molecule has 0 heterocycles. The van der Waals surface area contributed by atoms with E-state index in [9.17, 15) is 4.39 Å². The van der Waals surface area contributed by atoms with Gasteiger partial charge in [0, 0.05) is 16.1 Å². The predicted octanol–water partition coefficient (Wildman–Crippen LogP) is 6.26. The van der Waals surface area contributed by atoms with Crippen molar-refractivity contribution in [2.24, 2.45) is 11.7 Å². The molecule has 0 aliphatic heterocycles. The third kappa shape index (κ3) is 8.72. The highest BCUT2D eigenvalue weighted by Gasteiger charge is 2.22. The molecule has 2 aromatic rings. The molecule has 0 saturated heterocycles. The summed E-state index contributed by atoms with van der Waals surface area (Å²) >= 11 is 11.3. The smallest absolute Gasteiger partial charge is 0.141 e. The van der Waals surface area contributed by atoms with Gasteiger partial charge in [-0.15, -0.1) is 0 Å². The van der Waals surface area contributed by atoms with Crippen LogP contribution in [0.5, 0.6) is 0 Å². The maximum atomic E-state index is 12.5. The first-order chi connectivity index (χ1) is 12.9. The molecule has 2 N–H and O–H groups in total. The fraction of sp³-hybridized carbons (Fsp3) is 0.364. The average Bonchev–Trinajstić information content (AvgIpc) is 3.58. The van der Waals surface area contributed by atoms with E-state index in [2.05, 4.69) is 6.07 Å². The quantitative estimate of drug-likeness (QED) is 0.623. The summed E-state index contributed by atoms with van der Waals surface area (Å²) in [5.74, 6) is 0.278. The van der Waals surface area contributed by atoms with Crippen molar-refractivity contribution in [3.05, 3.63) is 69.0 Å². The third-order valence-corrected chi connectivity index (χ3v) is 4.54. The molecular formula is C22H24Cl2FN3. The first kappa shape index (κ1) is 23.9. The van der Waals surface area contributed by atoms with Gasteiger partial charge in [-0.3, -0.25) is 0 Å². The van der Waals surface area contributed by atoms with Gasteiger partial charge in [0.1, 0.15) is 11.9 Å². The van der Waals surface area contributed by atoms with E-state index in [1.165, 1.54) is 43.9 Å². The molecule has 2 aliphatic rings. The SMILES string of the molecule is C.N#Cc1cc(Cl)ccc1CC1CC1.N#Cc1cc(Cl)ccc1F.NC1CC1. The highest BCUT2D eigenvalue weighted by molar-refractivity contribution is 6.31. The molecule has 148 valence electrons. The van der Waals surface area contributed by atoms with Crippen molar-refractivity contribution in [3.63, 3.8) is 0 Å². The van der Waals surface area contributed by atoms with E-state index in [-0.39, 0.29) is 13.0 Å². The molecule has 4 rings (SSSR count). The zero-order valence-corrected chi connectivity index (χ0v) is 16.3. The molecule has 2 aliphatic carbocycles. The van der Waals surface area contributed by atoms with Crippen molar-refractivity contribution in [1.29, 1.82) is 10.5 Å². The van der Waals surface area contributed by atoms with Gasteiger partial charge in [0.15, 0.2) is 0 Å². The Bertz CT molecular complexity index is 863. The van der Waals surface area contributed by atoms with Gasteiger partial charge in [0.05, 0.1) is 17.2 Å². The van der Waals surface area contributed by atoms with E-state index in [4.69, 9.17) is 39.5 Å². The lowest BCUT2D eigenvalue weighted by atomic mass is 10.0. The molecule has 0 atom stereocenters. The van der Waals surface area contributed by atoms with Crippen LogP contribution in [0.1, 0.15) is 49.8 Å². The van der Waals surface area contributed by atoms with Gasteiger partial charge in [-0.1, -0.05) is 36.7 Å². The lowest BCUT2D eigenvalue weighted by molar-refractivity contribution is 0.624. The molecule has 3 nitrogen and oxygen atoms in total. The summed E-state index contributed by atoms with van der Waals surface area (Å²) in [7, 11) is 0. The van der Waals surface area contributed by atoms with Crippen LogP contribution in [0.2, 0.25) is 10.0 Å². The van der Waals surface area contributed by atoms with E-state index >= 15 is 0 Å². The normalized spacial score (nSPS) is 14.1. The highest BCUT2D eigenvalue weighted by atomic mass is 35.5. The van der Waals surface area contributed by atoms with Crippen LogP contribution >= 0.6 is 23.2 Å². The van der Waals surface area contributed by atoms with Crippen LogP contribution in [0.25, 0.3) is 0 Å². The Morgan fingerprint density at radius 1 is 0.929 bits per heavy atom. The van der Waals surface area contributed by atoms with Crippen LogP contribution in [0.3, 0.4) is 0 Å². The number of halogens is 3. The molecular weight excluding hydrogens is 396 g/mol. The van der Waals surface area contributed by atoms with Crippen LogP contribution < -0.4 is 5.73 Å². The van der Waals surface area contributed by atoms with Gasteiger partial charge in [0.2, 0.25) is 0 Å². The molecule has 2 fully saturated rings. The largest absolute Gasteiger partial charge is 0.328 e. The minimum Gasteiger partial charge on any atom is -0.328 e. The van der Waals surface area contributed by atoms with E-state index in [1.807, 2.05) is 12.1 Å². The number of nitrogens with zero attached hydrogens (tertiary/aromatic N) is 2. The van der Waals surface area contributed by atoms with Gasteiger partial charge in [0.25, 0.3) is 0 Å². The van der Waals surface area contributed by atoms with E-state index in [0.717, 1.165) is 23.5 Å². The Balaban J connectivity index is 0.000000232. The van der Waals surface area contributed by atoms with Crippen LogP contribution in [0.4, 0.5) is 4.39 Å². The summed E-state index contributed by atoms with van der Waals surface area (Å²) in [6.07, 6.45) is 6.20. The van der Waals surface area contributed by atoms with Gasteiger partial charge >= 0.3 is 0 Å². The predicted molar refractivity (Wildman–Crippen MR) is 113 cm³/mol. The number of hydrogen-bond acceptors (Lipinski definition) is 3. The lowest BCUT2D eigenvalue weighted by Gasteiger charge is -2.02. The molecule has 0 spiro atoms. The van der Waals surface area contributed by atoms with Crippen molar-refractivity contribution >= 4 is 23.2 Å². The lowest BCUT2D eigenvalue weighted by Crippen LogP contribution is -1.94. The summed E-state index contributed by atoms with van der Waals surface area (Å²) in [5.41, 5.74) is 7.08. The van der Waals surface area contributed by atoms with Crippen molar-refractivity contribution in [1.82, 2.24) is 0 Å². The molecule has 0 radical (unpaired) electrons. The van der Waals surface area contributed by atoms with Crippen LogP contribution in [0.15, 0.2) is 36.4 Å². The monoisotopic (exact) mass is 419 g/mol. The van der Waals surface area contributed by atoms with E-state index in [1.54, 1.807) is 12.1 Å². The van der Waals surface area contributed by atoms with Gasteiger partial charge in [-0.05, 0) is 73.9 Å². The van der Waals surface area contributed by atoms with Crippen LogP contribution in [-0.4, -0.2) is 6.04 Å². The number of benzene rings is 2. The maximum absolute atomic E-state index is 12.5. The number of hydrogen-bond donors (Lipinski definition) is 1. The first-order valence-corrected chi connectivity index (χ1v) is 9.47. The Hall–Kier alpha value is -2.11. The minimum atomic E-state index is -0.535. The topological polar surface area (TPSA) is 73.6 Å². The van der Waals surface area contributed by atoms with Crippen molar-refractivity contribution < 1.29 is 4.39 Å². The van der Waals surface area contributed by atoms with Crippen molar-refractivity contribution in [3.8, 4) is 12.1 Å². The molecule has 0 amide bonds. The molecule has 2 saturated carbocycles. The number of nitrogens with two attached hydrogens (primary N) is 1. The number of rotatable bonds is 2. The first-order valence-electron chi connectivity index (χ1n) is 8.72. The summed E-state index contributed by atoms with van der Waals surface area (Å²) in [5, 5.41) is 18.2. The zero-order valence-electron chi connectivity index (χ0n) is 14.8. The second-order valence-electron chi connectivity index (χ2n) is 6.63. The van der Waals surface area contributed by atoms with Crippen LogP contribution in [0, 0.1) is 34.4 Å². The minimum absolute atomic E-state index is 0. The van der Waals surface area contributed by atoms with Crippen molar-refractivity contribution in [2.75, 3.05) is 0 Å². The van der Waals surface area contributed by atoms with Crippen LogP contribution in [-0.2, 0) is 6.42 Å². The fourth-order valence-electron chi connectivity index (χ4n) is 2.14. The zero-order chi connectivity index (χ0) is 19.8. The maximum Gasteiger partial charge on any atom is 0.141 e. The number of nitriles is 2. The molecule has 0 unspecified atom stereocenters. The Kier molecular flexibility index (Phi) is 9.97. The molecule has 28 heavy (non-hydrogen) atoms. The fourth-order valence-corrected chi connectivity index (χ4v) is 2.49. The van der Waals surface area contributed by atoms with E-state index < -0.39 is 5.82 Å². The molecule has 6 heteroatoms. The summed E-state index contributed by atoms with van der Waals surface area (Å²) in [6, 6.07) is 13.9. The van der Waals surface area contributed by atoms with Crippen molar-refractivity contribution in [2.45, 2.75) is 45.6 Å².